The first-order chi connectivity index (χ1) is 6.42. The fraction of sp³-hybridized carbons (Fsp3) is 0.667. The third kappa shape index (κ3) is 3.18. The Morgan fingerprint density at radius 2 is 2.14 bits per heavy atom. The summed E-state index contributed by atoms with van der Waals surface area (Å²) in [6.07, 6.45) is 3.03. The molecule has 2 heteroatoms. The lowest BCUT2D eigenvalue weighted by atomic mass is 10.1. The Bertz CT molecular complexity index is 225. The van der Waals surface area contributed by atoms with Crippen LogP contribution in [0.4, 0.5) is 0 Å². The number of nitrogens with zero attached hydrogens (tertiary/aromatic N) is 1. The summed E-state index contributed by atoms with van der Waals surface area (Å²) in [5.74, 6) is 0. The van der Waals surface area contributed by atoms with Crippen LogP contribution in [0.15, 0.2) is 24.9 Å². The summed E-state index contributed by atoms with van der Waals surface area (Å²) >= 11 is 0. The molecular formula is C12H22N2. The number of likely N-dealkylation sites (tertiary alicyclic amines) is 1. The lowest BCUT2D eigenvalue weighted by Crippen LogP contribution is -2.44. The van der Waals surface area contributed by atoms with Gasteiger partial charge in [-0.25, -0.2) is 0 Å². The topological polar surface area (TPSA) is 15.3 Å². The molecule has 0 radical (unpaired) electrons. The smallest absolute Gasteiger partial charge is 0.0332 e. The van der Waals surface area contributed by atoms with Gasteiger partial charge >= 0.3 is 0 Å². The highest BCUT2D eigenvalue weighted by Gasteiger charge is 2.25. The monoisotopic (exact) mass is 194 g/mol. The molecule has 0 amide bonds. The molecule has 0 bridgehead atoms. The molecule has 0 saturated carbocycles. The maximum Gasteiger partial charge on any atom is 0.0332 e. The summed E-state index contributed by atoms with van der Waals surface area (Å²) in [6, 6.07) is 0.590. The zero-order chi connectivity index (χ0) is 10.8. The number of hydrogen-bond acceptors (Lipinski definition) is 2. The van der Waals surface area contributed by atoms with Gasteiger partial charge in [-0.1, -0.05) is 13.2 Å². The van der Waals surface area contributed by atoms with Crippen molar-refractivity contribution in [3.05, 3.63) is 24.9 Å². The minimum absolute atomic E-state index is 0.205. The van der Waals surface area contributed by atoms with E-state index in [9.17, 15) is 0 Å². The van der Waals surface area contributed by atoms with Crippen LogP contribution in [0.3, 0.4) is 0 Å². The number of nitrogens with one attached hydrogen (secondary N) is 1. The molecule has 1 unspecified atom stereocenters. The molecule has 1 saturated heterocycles. The molecule has 0 aromatic heterocycles. The van der Waals surface area contributed by atoms with E-state index < -0.39 is 0 Å². The first-order valence-corrected chi connectivity index (χ1v) is 5.26. The van der Waals surface area contributed by atoms with Gasteiger partial charge in [-0.2, -0.15) is 0 Å². The van der Waals surface area contributed by atoms with Crippen LogP contribution in [0, 0.1) is 0 Å². The van der Waals surface area contributed by atoms with Crippen molar-refractivity contribution in [2.45, 2.75) is 38.8 Å². The van der Waals surface area contributed by atoms with Gasteiger partial charge in [-0.15, -0.1) is 0 Å². The molecule has 80 valence electrons. The van der Waals surface area contributed by atoms with Gasteiger partial charge in [0.1, 0.15) is 0 Å². The van der Waals surface area contributed by atoms with Crippen molar-refractivity contribution in [1.29, 1.82) is 0 Å². The molecule has 1 aliphatic heterocycles. The van der Waals surface area contributed by atoms with E-state index in [1.807, 2.05) is 6.08 Å². The highest BCUT2D eigenvalue weighted by Crippen LogP contribution is 2.16. The van der Waals surface area contributed by atoms with Crippen LogP contribution in [0.2, 0.25) is 0 Å². The van der Waals surface area contributed by atoms with Gasteiger partial charge in [0.05, 0.1) is 0 Å². The van der Waals surface area contributed by atoms with E-state index in [0.717, 1.165) is 18.8 Å². The van der Waals surface area contributed by atoms with Gasteiger partial charge in [-0.3, -0.25) is 0 Å². The van der Waals surface area contributed by atoms with E-state index in [2.05, 4.69) is 44.1 Å². The van der Waals surface area contributed by atoms with Gasteiger partial charge in [0.15, 0.2) is 0 Å². The standard InChI is InChI=1S/C12H22N2/c1-6-10(2)14-8-7-11(9-14)13-12(3,4)5/h6,11,13H,1-2,7-9H2,3-5H3. The van der Waals surface area contributed by atoms with Crippen LogP contribution >= 0.6 is 0 Å². The lowest BCUT2D eigenvalue weighted by molar-refractivity contribution is 0.349. The minimum atomic E-state index is 0.205. The van der Waals surface area contributed by atoms with Crippen molar-refractivity contribution in [2.24, 2.45) is 0 Å². The molecule has 1 N–H and O–H groups in total. The third-order valence-electron chi connectivity index (χ3n) is 2.47. The molecule has 2 nitrogen and oxygen atoms in total. The van der Waals surface area contributed by atoms with E-state index in [1.165, 1.54) is 6.42 Å². The Morgan fingerprint density at radius 3 is 2.64 bits per heavy atom. The average Bonchev–Trinajstić information content (AvgIpc) is 2.48. The second-order valence-electron chi connectivity index (χ2n) is 5.02. The van der Waals surface area contributed by atoms with Crippen molar-refractivity contribution in [3.8, 4) is 0 Å². The van der Waals surface area contributed by atoms with E-state index in [0.29, 0.717) is 6.04 Å². The largest absolute Gasteiger partial charge is 0.370 e. The number of allylic oxidation sites excluding steroid dienone is 1. The molecule has 0 aromatic carbocycles. The molecule has 1 atom stereocenters. The summed E-state index contributed by atoms with van der Waals surface area (Å²) in [4.78, 5) is 2.29. The van der Waals surface area contributed by atoms with Crippen molar-refractivity contribution in [2.75, 3.05) is 13.1 Å². The number of hydrogen-bond donors (Lipinski definition) is 1. The summed E-state index contributed by atoms with van der Waals surface area (Å²) in [5.41, 5.74) is 1.25. The van der Waals surface area contributed by atoms with E-state index in [-0.39, 0.29) is 5.54 Å². The predicted octanol–water partition coefficient (Wildman–Crippen LogP) is 2.15. The lowest BCUT2D eigenvalue weighted by Gasteiger charge is -2.26. The third-order valence-corrected chi connectivity index (χ3v) is 2.47. The summed E-state index contributed by atoms with van der Waals surface area (Å²) in [7, 11) is 0. The normalized spacial score (nSPS) is 22.5. The fourth-order valence-electron chi connectivity index (χ4n) is 1.88. The van der Waals surface area contributed by atoms with Crippen LogP contribution in [0.5, 0.6) is 0 Å². The maximum atomic E-state index is 3.97. The first kappa shape index (κ1) is 11.3. The quantitative estimate of drug-likeness (QED) is 0.693. The highest BCUT2D eigenvalue weighted by atomic mass is 15.2. The molecule has 0 aliphatic carbocycles. The van der Waals surface area contributed by atoms with Crippen LogP contribution in [0.25, 0.3) is 0 Å². The Balaban J connectivity index is 2.42. The maximum absolute atomic E-state index is 3.97. The SMILES string of the molecule is C=CC(=C)N1CCC(NC(C)(C)C)C1. The van der Waals surface area contributed by atoms with Crippen molar-refractivity contribution in [3.63, 3.8) is 0 Å². The van der Waals surface area contributed by atoms with E-state index in [1.54, 1.807) is 0 Å². The van der Waals surface area contributed by atoms with Gasteiger partial charge in [0.2, 0.25) is 0 Å². The molecule has 14 heavy (non-hydrogen) atoms. The van der Waals surface area contributed by atoms with Crippen molar-refractivity contribution in [1.82, 2.24) is 10.2 Å². The van der Waals surface area contributed by atoms with Gasteiger partial charge < -0.3 is 10.2 Å². The zero-order valence-electron chi connectivity index (χ0n) is 9.64. The Labute approximate surface area is 87.7 Å². The van der Waals surface area contributed by atoms with E-state index >= 15 is 0 Å². The summed E-state index contributed by atoms with van der Waals surface area (Å²) in [5, 5.41) is 3.61. The Kier molecular flexibility index (Phi) is 3.38. The van der Waals surface area contributed by atoms with Gasteiger partial charge in [0.25, 0.3) is 0 Å². The average molecular weight is 194 g/mol. The minimum Gasteiger partial charge on any atom is -0.370 e. The van der Waals surface area contributed by atoms with Crippen LogP contribution in [-0.2, 0) is 0 Å². The molecule has 0 aromatic rings. The summed E-state index contributed by atoms with van der Waals surface area (Å²) in [6.45, 7) is 16.5. The molecule has 1 fully saturated rings. The summed E-state index contributed by atoms with van der Waals surface area (Å²) < 4.78 is 0. The molecule has 1 heterocycles. The van der Waals surface area contributed by atoms with Crippen LogP contribution in [0.1, 0.15) is 27.2 Å². The molecule has 1 aliphatic rings. The first-order valence-electron chi connectivity index (χ1n) is 5.26. The predicted molar refractivity (Wildman–Crippen MR) is 62.2 cm³/mol. The zero-order valence-corrected chi connectivity index (χ0v) is 9.64. The number of rotatable bonds is 3. The molecule has 1 rings (SSSR count). The van der Waals surface area contributed by atoms with Crippen LogP contribution in [-0.4, -0.2) is 29.6 Å². The second kappa shape index (κ2) is 4.18. The van der Waals surface area contributed by atoms with E-state index in [4.69, 9.17) is 0 Å². The van der Waals surface area contributed by atoms with Gasteiger partial charge in [-0.05, 0) is 33.3 Å². The second-order valence-corrected chi connectivity index (χ2v) is 5.02. The molecule has 0 spiro atoms. The van der Waals surface area contributed by atoms with Crippen molar-refractivity contribution < 1.29 is 0 Å². The van der Waals surface area contributed by atoms with Crippen molar-refractivity contribution >= 4 is 0 Å². The van der Waals surface area contributed by atoms with Gasteiger partial charge in [0, 0.05) is 30.4 Å². The Hall–Kier alpha value is -0.760. The highest BCUT2D eigenvalue weighted by molar-refractivity contribution is 5.12. The fourth-order valence-corrected chi connectivity index (χ4v) is 1.88. The van der Waals surface area contributed by atoms with Crippen LogP contribution < -0.4 is 5.32 Å². The molecular weight excluding hydrogens is 172 g/mol. The Morgan fingerprint density at radius 1 is 1.50 bits per heavy atom.